The van der Waals surface area contributed by atoms with E-state index in [1.165, 1.54) is 0 Å². The molecule has 0 N–H and O–H groups in total. The zero-order valence-corrected chi connectivity index (χ0v) is 11.3. The van der Waals surface area contributed by atoms with Crippen molar-refractivity contribution in [1.29, 1.82) is 0 Å². The number of ether oxygens (including phenoxy) is 2. The first kappa shape index (κ1) is 17.8. The van der Waals surface area contributed by atoms with Crippen LogP contribution in [-0.2, 0) is 19.1 Å². The molecule has 0 aromatic rings. The monoisotopic (exact) mass is 242 g/mol. The van der Waals surface area contributed by atoms with Gasteiger partial charge >= 0.3 is 11.9 Å². The second-order valence-electron chi connectivity index (χ2n) is 3.92. The molecule has 0 spiro atoms. The van der Waals surface area contributed by atoms with Crippen molar-refractivity contribution in [2.24, 2.45) is 0 Å². The van der Waals surface area contributed by atoms with Crippen molar-refractivity contribution in [3.63, 3.8) is 0 Å². The Kier molecular flexibility index (Phi) is 10.1. The summed E-state index contributed by atoms with van der Waals surface area (Å²) < 4.78 is 9.42. The first-order valence-electron chi connectivity index (χ1n) is 5.40. The number of carbonyl (C=O) groups excluding carboxylic acids is 2. The Morgan fingerprint density at radius 1 is 1.06 bits per heavy atom. The van der Waals surface area contributed by atoms with Crippen LogP contribution in [-0.4, -0.2) is 24.1 Å². The molecular formula is C13H22O4. The first-order valence-corrected chi connectivity index (χ1v) is 5.40. The SMILES string of the molecule is C=C(C)C(=O)OC(C)C.C=CC(=O)OC(C)C. The van der Waals surface area contributed by atoms with E-state index in [0.717, 1.165) is 6.08 Å². The summed E-state index contributed by atoms with van der Waals surface area (Å²) in [6.07, 6.45) is 1.06. The van der Waals surface area contributed by atoms with E-state index < -0.39 is 0 Å². The topological polar surface area (TPSA) is 52.6 Å². The molecule has 0 saturated heterocycles. The minimum Gasteiger partial charge on any atom is -0.460 e. The van der Waals surface area contributed by atoms with Crippen molar-refractivity contribution in [3.8, 4) is 0 Å². The smallest absolute Gasteiger partial charge is 0.333 e. The molecule has 0 aliphatic rings. The van der Waals surface area contributed by atoms with Crippen molar-refractivity contribution >= 4 is 11.9 Å². The Hall–Kier alpha value is -1.58. The predicted octanol–water partition coefficient (Wildman–Crippen LogP) is 2.64. The summed E-state index contributed by atoms with van der Waals surface area (Å²) in [5.41, 5.74) is 0.448. The molecule has 98 valence electrons. The normalized spacial score (nSPS) is 9.12. The molecule has 0 radical (unpaired) electrons. The molecule has 4 nitrogen and oxygen atoms in total. The summed E-state index contributed by atoms with van der Waals surface area (Å²) in [5.74, 6) is -0.676. The molecule has 0 aromatic heterocycles. The maximum Gasteiger partial charge on any atom is 0.333 e. The van der Waals surface area contributed by atoms with Crippen LogP contribution < -0.4 is 0 Å². The van der Waals surface area contributed by atoms with E-state index in [9.17, 15) is 9.59 Å². The quantitative estimate of drug-likeness (QED) is 0.561. The maximum absolute atomic E-state index is 10.6. The second-order valence-corrected chi connectivity index (χ2v) is 3.92. The molecule has 17 heavy (non-hydrogen) atoms. The van der Waals surface area contributed by atoms with Crippen LogP contribution >= 0.6 is 0 Å². The highest BCUT2D eigenvalue weighted by atomic mass is 16.5. The number of rotatable bonds is 4. The van der Waals surface area contributed by atoms with Crippen LogP contribution in [0.3, 0.4) is 0 Å². The minimum absolute atomic E-state index is 0.0412. The van der Waals surface area contributed by atoms with Gasteiger partial charge in [-0.3, -0.25) is 0 Å². The van der Waals surface area contributed by atoms with Crippen molar-refractivity contribution < 1.29 is 19.1 Å². The molecule has 0 saturated carbocycles. The van der Waals surface area contributed by atoms with Crippen molar-refractivity contribution in [2.75, 3.05) is 0 Å². The summed E-state index contributed by atoms with van der Waals surface area (Å²) in [4.78, 5) is 20.9. The van der Waals surface area contributed by atoms with Gasteiger partial charge in [-0.15, -0.1) is 0 Å². The fraction of sp³-hybridized carbons (Fsp3) is 0.538. The van der Waals surface area contributed by atoms with Crippen LogP contribution in [0.25, 0.3) is 0 Å². The third-order valence-corrected chi connectivity index (χ3v) is 1.21. The number of hydrogen-bond donors (Lipinski definition) is 0. The van der Waals surface area contributed by atoms with Gasteiger partial charge in [0.1, 0.15) is 0 Å². The van der Waals surface area contributed by atoms with Gasteiger partial charge < -0.3 is 9.47 Å². The Labute approximate surface area is 103 Å². The predicted molar refractivity (Wildman–Crippen MR) is 67.5 cm³/mol. The molecule has 0 fully saturated rings. The minimum atomic E-state index is -0.361. The molecule has 0 rings (SSSR count). The summed E-state index contributed by atoms with van der Waals surface area (Å²) in [6, 6.07) is 0. The number of hydrogen-bond acceptors (Lipinski definition) is 4. The zero-order valence-electron chi connectivity index (χ0n) is 11.3. The molecule has 0 atom stereocenters. The Balaban J connectivity index is 0. The summed E-state index contributed by atoms with van der Waals surface area (Å²) in [7, 11) is 0. The van der Waals surface area contributed by atoms with Crippen LogP contribution in [0.15, 0.2) is 24.8 Å². The first-order chi connectivity index (χ1) is 7.70. The Bertz CT molecular complexity index is 277. The summed E-state index contributed by atoms with van der Waals surface area (Å²) in [5, 5.41) is 0. The molecular weight excluding hydrogens is 220 g/mol. The fourth-order valence-corrected chi connectivity index (χ4v) is 0.595. The average molecular weight is 242 g/mol. The lowest BCUT2D eigenvalue weighted by Gasteiger charge is -2.05. The van der Waals surface area contributed by atoms with Gasteiger partial charge in [0.2, 0.25) is 0 Å². The van der Waals surface area contributed by atoms with E-state index >= 15 is 0 Å². The van der Waals surface area contributed by atoms with Crippen LogP contribution in [0.1, 0.15) is 34.6 Å². The highest BCUT2D eigenvalue weighted by molar-refractivity contribution is 5.87. The molecule has 0 aliphatic heterocycles. The van der Waals surface area contributed by atoms with E-state index in [0.29, 0.717) is 5.57 Å². The third kappa shape index (κ3) is 14.4. The standard InChI is InChI=1S/C7H12O2.C6H10O2/c1-5(2)7(8)9-6(3)4;1-4-6(7)8-5(2)3/h6H,1H2,2-4H3;4-5H,1H2,2-3H3. The van der Waals surface area contributed by atoms with E-state index in [-0.39, 0.29) is 24.1 Å². The van der Waals surface area contributed by atoms with E-state index in [4.69, 9.17) is 4.74 Å². The largest absolute Gasteiger partial charge is 0.460 e. The highest BCUT2D eigenvalue weighted by Crippen LogP contribution is 1.95. The second kappa shape index (κ2) is 9.63. The summed E-state index contributed by atoms with van der Waals surface area (Å²) in [6.45, 7) is 15.5. The number of carbonyl (C=O) groups is 2. The van der Waals surface area contributed by atoms with Gasteiger partial charge in [-0.1, -0.05) is 13.2 Å². The Morgan fingerprint density at radius 2 is 1.47 bits per heavy atom. The van der Waals surface area contributed by atoms with Gasteiger partial charge in [0.15, 0.2) is 0 Å². The zero-order chi connectivity index (χ0) is 14.0. The lowest BCUT2D eigenvalue weighted by atomic mass is 10.3. The molecule has 0 aromatic carbocycles. The lowest BCUT2D eigenvalue weighted by Crippen LogP contribution is -2.11. The van der Waals surface area contributed by atoms with Gasteiger partial charge in [0.05, 0.1) is 12.2 Å². The van der Waals surface area contributed by atoms with Gasteiger partial charge in [-0.05, 0) is 34.6 Å². The van der Waals surface area contributed by atoms with Crippen molar-refractivity contribution in [1.82, 2.24) is 0 Å². The average Bonchev–Trinajstić information content (AvgIpc) is 2.16. The van der Waals surface area contributed by atoms with Gasteiger partial charge in [-0.2, -0.15) is 0 Å². The third-order valence-electron chi connectivity index (χ3n) is 1.21. The molecule has 4 heteroatoms. The number of esters is 2. The maximum atomic E-state index is 10.6. The van der Waals surface area contributed by atoms with E-state index in [1.54, 1.807) is 34.6 Å². The van der Waals surface area contributed by atoms with Crippen molar-refractivity contribution in [3.05, 3.63) is 24.8 Å². The molecule has 0 heterocycles. The van der Waals surface area contributed by atoms with Gasteiger partial charge in [-0.25, -0.2) is 9.59 Å². The molecule has 0 bridgehead atoms. The van der Waals surface area contributed by atoms with Crippen LogP contribution in [0.4, 0.5) is 0 Å². The lowest BCUT2D eigenvalue weighted by molar-refractivity contribution is -0.143. The van der Waals surface area contributed by atoms with Crippen LogP contribution in [0, 0.1) is 0 Å². The molecule has 0 amide bonds. The fourth-order valence-electron chi connectivity index (χ4n) is 0.595. The van der Waals surface area contributed by atoms with Gasteiger partial charge in [0.25, 0.3) is 0 Å². The Morgan fingerprint density at radius 3 is 1.59 bits per heavy atom. The van der Waals surface area contributed by atoms with E-state index in [2.05, 4.69) is 17.9 Å². The molecule has 0 unspecified atom stereocenters. The van der Waals surface area contributed by atoms with Crippen LogP contribution in [0.2, 0.25) is 0 Å². The summed E-state index contributed by atoms with van der Waals surface area (Å²) >= 11 is 0. The highest BCUT2D eigenvalue weighted by Gasteiger charge is 2.03. The van der Waals surface area contributed by atoms with Crippen molar-refractivity contribution in [2.45, 2.75) is 46.8 Å². The van der Waals surface area contributed by atoms with E-state index in [1.807, 2.05) is 0 Å². The molecule has 0 aliphatic carbocycles. The van der Waals surface area contributed by atoms with Crippen LogP contribution in [0.5, 0.6) is 0 Å². The van der Waals surface area contributed by atoms with Gasteiger partial charge in [0, 0.05) is 11.6 Å².